The molecule has 0 bridgehead atoms. The molecule has 1 fully saturated rings. The number of piperidine rings is 1. The first-order valence-corrected chi connectivity index (χ1v) is 6.64. The summed E-state index contributed by atoms with van der Waals surface area (Å²) in [5.41, 5.74) is -0.523. The molecular formula is C13H28N2O. The summed E-state index contributed by atoms with van der Waals surface area (Å²) in [7, 11) is 2.02. The third-order valence-electron chi connectivity index (χ3n) is 3.49. The normalized spacial score (nSPS) is 23.6. The molecule has 0 aliphatic carbocycles. The largest absolute Gasteiger partial charge is 0.390 e. The van der Waals surface area contributed by atoms with Crippen molar-refractivity contribution in [3.05, 3.63) is 0 Å². The van der Waals surface area contributed by atoms with Gasteiger partial charge < -0.3 is 15.3 Å². The van der Waals surface area contributed by atoms with E-state index in [0.717, 1.165) is 25.6 Å². The van der Waals surface area contributed by atoms with Crippen LogP contribution in [-0.2, 0) is 0 Å². The van der Waals surface area contributed by atoms with Crippen LogP contribution < -0.4 is 5.32 Å². The minimum Gasteiger partial charge on any atom is -0.390 e. The Morgan fingerprint density at radius 2 is 2.12 bits per heavy atom. The van der Waals surface area contributed by atoms with Gasteiger partial charge in [-0.1, -0.05) is 6.42 Å². The molecule has 0 saturated carbocycles. The van der Waals surface area contributed by atoms with E-state index in [1.165, 1.54) is 32.2 Å². The number of hydrogen-bond acceptors (Lipinski definition) is 3. The van der Waals surface area contributed by atoms with Gasteiger partial charge in [0, 0.05) is 12.6 Å². The average Bonchev–Trinajstić information content (AvgIpc) is 2.23. The Hall–Kier alpha value is -0.120. The first kappa shape index (κ1) is 13.9. The molecule has 0 aromatic carbocycles. The van der Waals surface area contributed by atoms with E-state index in [4.69, 9.17) is 0 Å². The Morgan fingerprint density at radius 1 is 1.38 bits per heavy atom. The predicted molar refractivity (Wildman–Crippen MR) is 68.7 cm³/mol. The maximum atomic E-state index is 9.77. The van der Waals surface area contributed by atoms with Gasteiger partial charge in [-0.3, -0.25) is 0 Å². The zero-order chi connectivity index (χ0) is 12.0. The zero-order valence-electron chi connectivity index (χ0n) is 11.1. The van der Waals surface area contributed by atoms with Crippen molar-refractivity contribution in [3.8, 4) is 0 Å². The smallest absolute Gasteiger partial charge is 0.0603 e. The predicted octanol–water partition coefficient (Wildman–Crippen LogP) is 1.61. The Kier molecular flexibility index (Phi) is 5.73. The summed E-state index contributed by atoms with van der Waals surface area (Å²) < 4.78 is 0. The average molecular weight is 228 g/mol. The molecule has 1 heterocycles. The van der Waals surface area contributed by atoms with E-state index in [9.17, 15) is 5.11 Å². The van der Waals surface area contributed by atoms with E-state index in [0.29, 0.717) is 0 Å². The lowest BCUT2D eigenvalue weighted by Crippen LogP contribution is -2.43. The molecule has 0 aromatic heterocycles. The van der Waals surface area contributed by atoms with Crippen molar-refractivity contribution < 1.29 is 5.11 Å². The molecule has 1 saturated heterocycles. The van der Waals surface area contributed by atoms with Gasteiger partial charge in [-0.25, -0.2) is 0 Å². The van der Waals surface area contributed by atoms with Crippen LogP contribution in [0.2, 0.25) is 0 Å². The summed E-state index contributed by atoms with van der Waals surface area (Å²) in [5, 5.41) is 13.0. The van der Waals surface area contributed by atoms with Gasteiger partial charge in [-0.05, 0) is 59.7 Å². The number of hydrogen-bond donors (Lipinski definition) is 2. The lowest BCUT2D eigenvalue weighted by Gasteiger charge is -2.37. The summed E-state index contributed by atoms with van der Waals surface area (Å²) in [5.74, 6) is 0. The van der Waals surface area contributed by atoms with Gasteiger partial charge in [-0.2, -0.15) is 0 Å². The fourth-order valence-corrected chi connectivity index (χ4v) is 2.41. The molecule has 0 radical (unpaired) electrons. The number of rotatable bonds is 6. The third kappa shape index (κ3) is 5.28. The molecule has 0 spiro atoms. The Balaban J connectivity index is 2.34. The monoisotopic (exact) mass is 228 g/mol. The summed E-state index contributed by atoms with van der Waals surface area (Å²) in [4.78, 5) is 2.57. The molecule has 0 amide bonds. The summed E-state index contributed by atoms with van der Waals surface area (Å²) >= 11 is 0. The summed E-state index contributed by atoms with van der Waals surface area (Å²) in [6.07, 6.45) is 6.13. The van der Waals surface area contributed by atoms with Gasteiger partial charge in [0.1, 0.15) is 0 Å². The van der Waals surface area contributed by atoms with Crippen molar-refractivity contribution in [2.75, 3.05) is 26.7 Å². The number of likely N-dealkylation sites (tertiary alicyclic amines) is 1. The van der Waals surface area contributed by atoms with Crippen molar-refractivity contribution in [2.45, 2.75) is 57.6 Å². The van der Waals surface area contributed by atoms with Gasteiger partial charge in [0.15, 0.2) is 0 Å². The molecule has 1 aliphatic heterocycles. The van der Waals surface area contributed by atoms with Crippen molar-refractivity contribution in [1.29, 1.82) is 0 Å². The second-order valence-corrected chi connectivity index (χ2v) is 5.64. The van der Waals surface area contributed by atoms with E-state index < -0.39 is 5.60 Å². The minimum atomic E-state index is -0.523. The fourth-order valence-electron chi connectivity index (χ4n) is 2.41. The van der Waals surface area contributed by atoms with E-state index in [1.807, 2.05) is 20.9 Å². The van der Waals surface area contributed by atoms with Crippen LogP contribution in [0.4, 0.5) is 0 Å². The molecule has 1 atom stereocenters. The van der Waals surface area contributed by atoms with Crippen LogP contribution in [0.25, 0.3) is 0 Å². The molecule has 96 valence electrons. The standard InChI is InChI=1S/C13H28N2O/c1-13(2,16)8-11-15-10-5-4-6-12(15)7-9-14-3/h12,14,16H,4-11H2,1-3H3. The highest BCUT2D eigenvalue weighted by molar-refractivity contribution is 4.79. The van der Waals surface area contributed by atoms with E-state index in [2.05, 4.69) is 10.2 Å². The second-order valence-electron chi connectivity index (χ2n) is 5.64. The summed E-state index contributed by atoms with van der Waals surface area (Å²) in [6.45, 7) is 7.16. The molecule has 3 heteroatoms. The topological polar surface area (TPSA) is 35.5 Å². The molecule has 1 aliphatic rings. The van der Waals surface area contributed by atoms with Crippen molar-refractivity contribution in [1.82, 2.24) is 10.2 Å². The lowest BCUT2D eigenvalue weighted by atomic mass is 9.97. The van der Waals surface area contributed by atoms with Crippen LogP contribution in [0.5, 0.6) is 0 Å². The first-order chi connectivity index (χ1) is 7.53. The van der Waals surface area contributed by atoms with Crippen LogP contribution in [0.1, 0.15) is 46.0 Å². The van der Waals surface area contributed by atoms with Crippen LogP contribution in [0, 0.1) is 0 Å². The van der Waals surface area contributed by atoms with Gasteiger partial charge in [-0.15, -0.1) is 0 Å². The number of nitrogens with zero attached hydrogens (tertiary/aromatic N) is 1. The Morgan fingerprint density at radius 3 is 2.75 bits per heavy atom. The van der Waals surface area contributed by atoms with Crippen molar-refractivity contribution in [2.24, 2.45) is 0 Å². The molecule has 16 heavy (non-hydrogen) atoms. The van der Waals surface area contributed by atoms with Gasteiger partial charge in [0.2, 0.25) is 0 Å². The Labute approximate surface area is 100 Å². The lowest BCUT2D eigenvalue weighted by molar-refractivity contribution is 0.0431. The van der Waals surface area contributed by atoms with Crippen molar-refractivity contribution >= 4 is 0 Å². The quantitative estimate of drug-likeness (QED) is 0.725. The molecule has 3 nitrogen and oxygen atoms in total. The molecule has 1 unspecified atom stereocenters. The van der Waals surface area contributed by atoms with Crippen LogP contribution in [-0.4, -0.2) is 48.3 Å². The van der Waals surface area contributed by atoms with Gasteiger partial charge >= 0.3 is 0 Å². The van der Waals surface area contributed by atoms with E-state index in [-0.39, 0.29) is 0 Å². The molecular weight excluding hydrogens is 200 g/mol. The maximum absolute atomic E-state index is 9.77. The molecule has 2 N–H and O–H groups in total. The van der Waals surface area contributed by atoms with Crippen LogP contribution in [0.15, 0.2) is 0 Å². The van der Waals surface area contributed by atoms with E-state index >= 15 is 0 Å². The second kappa shape index (κ2) is 6.58. The Bertz CT molecular complexity index is 189. The molecule has 0 aromatic rings. The van der Waals surface area contributed by atoms with E-state index in [1.54, 1.807) is 0 Å². The molecule has 1 rings (SSSR count). The van der Waals surface area contributed by atoms with Crippen LogP contribution in [0.3, 0.4) is 0 Å². The SMILES string of the molecule is CNCCC1CCCCN1CCC(C)(C)O. The third-order valence-corrected chi connectivity index (χ3v) is 3.49. The minimum absolute atomic E-state index is 0.523. The number of nitrogens with one attached hydrogen (secondary N) is 1. The van der Waals surface area contributed by atoms with Crippen LogP contribution >= 0.6 is 0 Å². The highest BCUT2D eigenvalue weighted by Crippen LogP contribution is 2.21. The van der Waals surface area contributed by atoms with Crippen molar-refractivity contribution in [3.63, 3.8) is 0 Å². The fraction of sp³-hybridized carbons (Fsp3) is 1.00. The van der Waals surface area contributed by atoms with Gasteiger partial charge in [0.25, 0.3) is 0 Å². The number of aliphatic hydroxyl groups is 1. The zero-order valence-corrected chi connectivity index (χ0v) is 11.1. The maximum Gasteiger partial charge on any atom is 0.0603 e. The highest BCUT2D eigenvalue weighted by Gasteiger charge is 2.23. The van der Waals surface area contributed by atoms with Gasteiger partial charge in [0.05, 0.1) is 5.60 Å². The summed E-state index contributed by atoms with van der Waals surface area (Å²) in [6, 6.07) is 0.726. The highest BCUT2D eigenvalue weighted by atomic mass is 16.3. The first-order valence-electron chi connectivity index (χ1n) is 6.64.